The number of aromatic nitrogens is 3. The SMILES string of the molecule is CCc1nc(C(C)OC(=O)c2ccc(N3CCNC3=O)cc2)n[nH]1. The second kappa shape index (κ2) is 6.69. The Morgan fingerprint density at radius 2 is 2.12 bits per heavy atom. The van der Waals surface area contributed by atoms with Gasteiger partial charge in [-0.1, -0.05) is 6.92 Å². The van der Waals surface area contributed by atoms with Crippen molar-refractivity contribution >= 4 is 17.7 Å². The van der Waals surface area contributed by atoms with Crippen LogP contribution < -0.4 is 10.2 Å². The standard InChI is InChI=1S/C16H19N5O3/c1-3-13-18-14(20-19-13)10(2)24-15(22)11-4-6-12(7-5-11)21-9-8-17-16(21)23/h4-7,10H,3,8-9H2,1-2H3,(H,17,23)(H,18,19,20). The Hall–Kier alpha value is -2.90. The third-order valence-electron chi connectivity index (χ3n) is 3.80. The molecule has 1 aromatic heterocycles. The number of hydrogen-bond donors (Lipinski definition) is 2. The van der Waals surface area contributed by atoms with Gasteiger partial charge in [-0.3, -0.25) is 10.00 Å². The average molecular weight is 329 g/mol. The molecule has 0 spiro atoms. The zero-order valence-electron chi connectivity index (χ0n) is 13.6. The molecule has 2 amide bonds. The van der Waals surface area contributed by atoms with Crippen LogP contribution in [-0.2, 0) is 11.2 Å². The van der Waals surface area contributed by atoms with Crippen LogP contribution in [0.2, 0.25) is 0 Å². The van der Waals surface area contributed by atoms with E-state index in [0.29, 0.717) is 24.5 Å². The Morgan fingerprint density at radius 1 is 1.38 bits per heavy atom. The van der Waals surface area contributed by atoms with Gasteiger partial charge in [0, 0.05) is 25.2 Å². The van der Waals surface area contributed by atoms with Gasteiger partial charge in [0.2, 0.25) is 0 Å². The number of anilines is 1. The van der Waals surface area contributed by atoms with Crippen molar-refractivity contribution in [3.8, 4) is 0 Å². The summed E-state index contributed by atoms with van der Waals surface area (Å²) in [4.78, 5) is 29.7. The average Bonchev–Trinajstić information content (AvgIpc) is 3.23. The fraction of sp³-hybridized carbons (Fsp3) is 0.375. The Bertz CT molecular complexity index is 740. The van der Waals surface area contributed by atoms with E-state index in [9.17, 15) is 9.59 Å². The normalized spacial score (nSPS) is 15.2. The van der Waals surface area contributed by atoms with Crippen molar-refractivity contribution in [3.63, 3.8) is 0 Å². The summed E-state index contributed by atoms with van der Waals surface area (Å²) in [5, 5.41) is 9.58. The monoisotopic (exact) mass is 329 g/mol. The summed E-state index contributed by atoms with van der Waals surface area (Å²) in [6, 6.07) is 6.62. The number of aryl methyl sites for hydroxylation is 1. The number of aromatic amines is 1. The van der Waals surface area contributed by atoms with Gasteiger partial charge >= 0.3 is 12.0 Å². The summed E-state index contributed by atoms with van der Waals surface area (Å²) in [6.45, 7) is 4.92. The molecule has 2 heterocycles. The highest BCUT2D eigenvalue weighted by Crippen LogP contribution is 2.20. The molecule has 1 aliphatic heterocycles. The molecule has 1 unspecified atom stereocenters. The van der Waals surface area contributed by atoms with E-state index >= 15 is 0 Å². The van der Waals surface area contributed by atoms with Gasteiger partial charge in [-0.15, -0.1) is 0 Å². The molecule has 3 rings (SSSR count). The van der Waals surface area contributed by atoms with Crippen LogP contribution in [0.5, 0.6) is 0 Å². The van der Waals surface area contributed by atoms with Crippen LogP contribution in [0.15, 0.2) is 24.3 Å². The van der Waals surface area contributed by atoms with E-state index in [-0.39, 0.29) is 6.03 Å². The molecule has 126 valence electrons. The third kappa shape index (κ3) is 3.22. The highest BCUT2D eigenvalue weighted by molar-refractivity contribution is 5.95. The predicted molar refractivity (Wildman–Crippen MR) is 86.8 cm³/mol. The van der Waals surface area contributed by atoms with Crippen LogP contribution in [0.25, 0.3) is 0 Å². The molecular weight excluding hydrogens is 310 g/mol. The first-order valence-electron chi connectivity index (χ1n) is 7.86. The van der Waals surface area contributed by atoms with Crippen molar-refractivity contribution in [2.45, 2.75) is 26.4 Å². The summed E-state index contributed by atoms with van der Waals surface area (Å²) in [5.74, 6) is 0.745. The molecule has 2 aromatic rings. The quantitative estimate of drug-likeness (QED) is 0.815. The lowest BCUT2D eigenvalue weighted by molar-refractivity contribution is 0.0320. The first-order valence-corrected chi connectivity index (χ1v) is 7.86. The fourth-order valence-corrected chi connectivity index (χ4v) is 2.43. The summed E-state index contributed by atoms with van der Waals surface area (Å²) in [5.41, 5.74) is 1.16. The molecule has 1 aromatic carbocycles. The maximum atomic E-state index is 12.2. The first-order chi connectivity index (χ1) is 11.6. The number of ether oxygens (including phenoxy) is 1. The molecule has 1 fully saturated rings. The van der Waals surface area contributed by atoms with Crippen molar-refractivity contribution < 1.29 is 14.3 Å². The number of amides is 2. The molecule has 0 radical (unpaired) electrons. The van der Waals surface area contributed by atoms with Crippen LogP contribution in [0.1, 0.15) is 42.0 Å². The molecule has 24 heavy (non-hydrogen) atoms. The number of esters is 1. The van der Waals surface area contributed by atoms with Crippen LogP contribution >= 0.6 is 0 Å². The van der Waals surface area contributed by atoms with Crippen LogP contribution in [0.4, 0.5) is 10.5 Å². The van der Waals surface area contributed by atoms with E-state index in [1.807, 2.05) is 6.92 Å². The molecular formula is C16H19N5O3. The number of hydrogen-bond acceptors (Lipinski definition) is 5. The van der Waals surface area contributed by atoms with Crippen LogP contribution in [0.3, 0.4) is 0 Å². The van der Waals surface area contributed by atoms with E-state index in [4.69, 9.17) is 4.74 Å². The van der Waals surface area contributed by atoms with Gasteiger partial charge in [-0.05, 0) is 31.2 Å². The summed E-state index contributed by atoms with van der Waals surface area (Å²) < 4.78 is 5.39. The topological polar surface area (TPSA) is 100 Å². The number of H-pyrrole nitrogens is 1. The Labute approximate surface area is 139 Å². The molecule has 2 N–H and O–H groups in total. The predicted octanol–water partition coefficient (Wildman–Crippen LogP) is 1.81. The largest absolute Gasteiger partial charge is 0.451 e. The van der Waals surface area contributed by atoms with Gasteiger partial charge in [0.1, 0.15) is 5.82 Å². The lowest BCUT2D eigenvalue weighted by atomic mass is 10.2. The number of nitrogens with zero attached hydrogens (tertiary/aromatic N) is 3. The zero-order chi connectivity index (χ0) is 17.1. The molecule has 1 aliphatic rings. The zero-order valence-corrected chi connectivity index (χ0v) is 13.6. The van der Waals surface area contributed by atoms with Gasteiger partial charge in [0.15, 0.2) is 11.9 Å². The Morgan fingerprint density at radius 3 is 2.71 bits per heavy atom. The molecule has 0 aliphatic carbocycles. The van der Waals surface area contributed by atoms with E-state index in [2.05, 4.69) is 20.5 Å². The van der Waals surface area contributed by atoms with Crippen molar-refractivity contribution in [1.82, 2.24) is 20.5 Å². The van der Waals surface area contributed by atoms with Crippen molar-refractivity contribution in [1.29, 1.82) is 0 Å². The lowest BCUT2D eigenvalue weighted by Crippen LogP contribution is -2.27. The number of carbonyl (C=O) groups is 2. The minimum Gasteiger partial charge on any atom is -0.451 e. The Balaban J connectivity index is 1.65. The minimum absolute atomic E-state index is 0.129. The smallest absolute Gasteiger partial charge is 0.338 e. The van der Waals surface area contributed by atoms with Crippen molar-refractivity contribution in [3.05, 3.63) is 41.5 Å². The van der Waals surface area contributed by atoms with Crippen LogP contribution in [-0.4, -0.2) is 40.3 Å². The second-order valence-corrected chi connectivity index (χ2v) is 5.47. The second-order valence-electron chi connectivity index (χ2n) is 5.47. The minimum atomic E-state index is -0.543. The number of nitrogens with one attached hydrogen (secondary N) is 2. The first kappa shape index (κ1) is 16.0. The summed E-state index contributed by atoms with van der Waals surface area (Å²) in [7, 11) is 0. The molecule has 8 heteroatoms. The van der Waals surface area contributed by atoms with Crippen LogP contribution in [0, 0.1) is 0 Å². The molecule has 0 bridgehead atoms. The molecule has 1 atom stereocenters. The molecule has 0 saturated carbocycles. The van der Waals surface area contributed by atoms with Gasteiger partial charge in [-0.2, -0.15) is 5.10 Å². The van der Waals surface area contributed by atoms with Gasteiger partial charge in [-0.25, -0.2) is 14.6 Å². The van der Waals surface area contributed by atoms with Gasteiger partial charge in [0.25, 0.3) is 0 Å². The van der Waals surface area contributed by atoms with Crippen molar-refractivity contribution in [2.75, 3.05) is 18.0 Å². The number of rotatable bonds is 5. The maximum absolute atomic E-state index is 12.2. The highest BCUT2D eigenvalue weighted by atomic mass is 16.5. The number of benzene rings is 1. The maximum Gasteiger partial charge on any atom is 0.338 e. The number of carbonyl (C=O) groups excluding carboxylic acids is 2. The van der Waals surface area contributed by atoms with E-state index in [1.165, 1.54) is 0 Å². The highest BCUT2D eigenvalue weighted by Gasteiger charge is 2.22. The fourth-order valence-electron chi connectivity index (χ4n) is 2.43. The number of urea groups is 1. The van der Waals surface area contributed by atoms with Gasteiger partial charge < -0.3 is 10.1 Å². The summed E-state index contributed by atoms with van der Waals surface area (Å²) in [6.07, 6.45) is 0.192. The molecule has 1 saturated heterocycles. The van der Waals surface area contributed by atoms with E-state index < -0.39 is 12.1 Å². The Kier molecular flexibility index (Phi) is 4.45. The van der Waals surface area contributed by atoms with Crippen molar-refractivity contribution in [2.24, 2.45) is 0 Å². The lowest BCUT2D eigenvalue weighted by Gasteiger charge is -2.15. The van der Waals surface area contributed by atoms with Gasteiger partial charge in [0.05, 0.1) is 5.56 Å². The van der Waals surface area contributed by atoms with E-state index in [1.54, 1.807) is 36.1 Å². The molecule has 8 nitrogen and oxygen atoms in total. The van der Waals surface area contributed by atoms with E-state index in [0.717, 1.165) is 17.9 Å². The summed E-state index contributed by atoms with van der Waals surface area (Å²) >= 11 is 0. The third-order valence-corrected chi connectivity index (χ3v) is 3.80.